The predicted octanol–water partition coefficient (Wildman–Crippen LogP) is -1.38. The van der Waals surface area contributed by atoms with E-state index in [0.717, 1.165) is 5.56 Å². The second-order valence-corrected chi connectivity index (χ2v) is 16.8. The van der Waals surface area contributed by atoms with E-state index in [0.29, 0.717) is 47.7 Å². The van der Waals surface area contributed by atoms with E-state index in [2.05, 4.69) is 51.8 Å². The Labute approximate surface area is 409 Å². The van der Waals surface area contributed by atoms with Gasteiger partial charge in [0.05, 0.1) is 32.6 Å². The second-order valence-electron chi connectivity index (χ2n) is 16.8. The van der Waals surface area contributed by atoms with Crippen LogP contribution >= 0.6 is 0 Å². The molecule has 0 spiro atoms. The standard InChI is InChI=1S/C46H64N14O11/c1-27(62)49-19-9-8-13-32(55-35(63)22-51-41(65)31(14-10-20-50-45(47)48)57-46(68)70-24-29-11-6-5-7-12-29)42(66)56-33(21-28-15-17-30(69-4)18-16-28)43(67)58-36-34(23-61)71-44(38(36)64)60-26-54-37-39(59(2)3)52-25-53-40(37)60/h5-7,11-12,15-18,25-26,31-34,36,38,44,61,64H,8-10,13-14,19-24H2,1-4H3,(H,49,62)(H,51,65)(H,55,63)(H,56,66)(H,57,68)(H,58,67)(H4,47,48,50)/t31?,32?,33?,34-,36-,38-,44-/m1/s1. The van der Waals surface area contributed by atoms with Crippen LogP contribution in [0.3, 0.4) is 0 Å². The topological polar surface area (TPSA) is 354 Å². The van der Waals surface area contributed by atoms with Gasteiger partial charge in [0.2, 0.25) is 29.5 Å². The average molecular weight is 989 g/mol. The first-order chi connectivity index (χ1) is 34.1. The lowest BCUT2D eigenvalue weighted by Crippen LogP contribution is -2.58. The van der Waals surface area contributed by atoms with Crippen molar-refractivity contribution in [2.75, 3.05) is 52.3 Å². The van der Waals surface area contributed by atoms with Gasteiger partial charge in [-0.3, -0.25) is 33.5 Å². The summed E-state index contributed by atoms with van der Waals surface area (Å²) >= 11 is 0. The Hall–Kier alpha value is -7.64. The fraction of sp³-hybridized carbons (Fsp3) is 0.478. The third-order valence-electron chi connectivity index (χ3n) is 11.3. The SMILES string of the molecule is COc1ccc(CC(NC(=O)C(CCCCNC(C)=O)NC(=O)CNC(=O)C(CCCN=C(N)N)NC(=O)OCc2ccccc2)C(=O)N[C@H]2[C@@H](O)[C@H](n3cnc4c(N(C)C)ncnc43)O[C@@H]2CO)cc1. The summed E-state index contributed by atoms with van der Waals surface area (Å²) in [6, 6.07) is 10.7. The molecular weight excluding hydrogens is 925 g/mol. The minimum absolute atomic E-state index is 0.0472. The van der Waals surface area contributed by atoms with Crippen molar-refractivity contribution >= 4 is 58.6 Å². The molecule has 4 aromatic rings. The second kappa shape index (κ2) is 26.9. The zero-order valence-electron chi connectivity index (χ0n) is 40.1. The Kier molecular flexibility index (Phi) is 20.6. The number of nitrogens with zero attached hydrogens (tertiary/aromatic N) is 6. The Bertz CT molecular complexity index is 2440. The number of nitrogens with two attached hydrogens (primary N) is 2. The number of methoxy groups -OCH3 is 1. The number of amides is 6. The van der Waals surface area contributed by atoms with E-state index in [-0.39, 0.29) is 50.7 Å². The number of aliphatic hydroxyl groups excluding tert-OH is 2. The summed E-state index contributed by atoms with van der Waals surface area (Å²) in [7, 11) is 5.07. The first-order valence-corrected chi connectivity index (χ1v) is 22.9. The van der Waals surface area contributed by atoms with Gasteiger partial charge in [-0.15, -0.1) is 0 Å². The summed E-state index contributed by atoms with van der Waals surface area (Å²) in [6.45, 7) is 0.526. The van der Waals surface area contributed by atoms with Gasteiger partial charge in [-0.05, 0) is 55.4 Å². The molecule has 384 valence electrons. The van der Waals surface area contributed by atoms with Gasteiger partial charge in [0, 0.05) is 40.5 Å². The minimum atomic E-state index is -1.44. The Balaban J connectivity index is 1.31. The van der Waals surface area contributed by atoms with Gasteiger partial charge in [-0.1, -0.05) is 42.5 Å². The number of rotatable bonds is 26. The summed E-state index contributed by atoms with van der Waals surface area (Å²) < 4.78 is 18.2. The lowest BCUT2D eigenvalue weighted by molar-refractivity contribution is -0.133. The number of alkyl carbamates (subject to hydrolysis) is 1. The molecule has 1 aliphatic heterocycles. The van der Waals surface area contributed by atoms with Gasteiger partial charge in [0.25, 0.3) is 0 Å². The van der Waals surface area contributed by atoms with Gasteiger partial charge in [0.1, 0.15) is 49.0 Å². The van der Waals surface area contributed by atoms with Gasteiger partial charge >= 0.3 is 6.09 Å². The quantitative estimate of drug-likeness (QED) is 0.0197. The molecular formula is C46H64N14O11. The number of aliphatic hydroxyl groups is 2. The van der Waals surface area contributed by atoms with Crippen molar-refractivity contribution in [3.63, 3.8) is 0 Å². The van der Waals surface area contributed by atoms with Crippen molar-refractivity contribution in [2.24, 2.45) is 16.5 Å². The number of ether oxygens (including phenoxy) is 3. The molecule has 3 heterocycles. The lowest BCUT2D eigenvalue weighted by Gasteiger charge is -2.27. The number of benzene rings is 2. The van der Waals surface area contributed by atoms with Crippen LogP contribution in [0.5, 0.6) is 5.75 Å². The van der Waals surface area contributed by atoms with Crippen molar-refractivity contribution in [3.8, 4) is 5.75 Å². The smallest absolute Gasteiger partial charge is 0.408 e. The molecule has 1 aliphatic rings. The molecule has 3 unspecified atom stereocenters. The van der Waals surface area contributed by atoms with Gasteiger partial charge in [-0.2, -0.15) is 0 Å². The van der Waals surface area contributed by atoms with Crippen molar-refractivity contribution in [3.05, 3.63) is 78.4 Å². The largest absolute Gasteiger partial charge is 0.497 e. The third-order valence-corrected chi connectivity index (χ3v) is 11.3. The number of nitrogens with one attached hydrogen (secondary N) is 6. The number of hydrogen-bond acceptors (Lipinski definition) is 16. The molecule has 71 heavy (non-hydrogen) atoms. The number of carbonyl (C=O) groups is 6. The molecule has 1 fully saturated rings. The maximum absolute atomic E-state index is 14.4. The van der Waals surface area contributed by atoms with Crippen LogP contribution in [0.4, 0.5) is 10.6 Å². The number of imidazole rings is 1. The van der Waals surface area contributed by atoms with Crippen LogP contribution in [-0.2, 0) is 46.5 Å². The first kappa shape index (κ1) is 54.3. The van der Waals surface area contributed by atoms with Crippen LogP contribution in [0.25, 0.3) is 11.2 Å². The van der Waals surface area contributed by atoms with E-state index in [9.17, 15) is 39.0 Å². The number of aliphatic imine (C=N–C) groups is 1. The molecule has 7 atom stereocenters. The monoisotopic (exact) mass is 988 g/mol. The lowest BCUT2D eigenvalue weighted by atomic mass is 10.0. The number of unbranched alkanes of at least 4 members (excludes halogenated alkanes) is 1. The molecule has 0 saturated carbocycles. The molecule has 5 rings (SSSR count). The molecule has 25 heteroatoms. The summed E-state index contributed by atoms with van der Waals surface area (Å²) in [4.78, 5) is 98.7. The molecule has 2 aromatic heterocycles. The van der Waals surface area contributed by atoms with E-state index in [1.54, 1.807) is 67.5 Å². The average Bonchev–Trinajstić information content (AvgIpc) is 3.92. The summed E-state index contributed by atoms with van der Waals surface area (Å²) in [5.74, 6) is -2.37. The van der Waals surface area contributed by atoms with Crippen LogP contribution in [0, 0.1) is 0 Å². The molecule has 12 N–H and O–H groups in total. The Morgan fingerprint density at radius 3 is 2.25 bits per heavy atom. The van der Waals surface area contributed by atoms with Crippen molar-refractivity contribution in [1.29, 1.82) is 0 Å². The zero-order chi connectivity index (χ0) is 51.5. The summed E-state index contributed by atoms with van der Waals surface area (Å²) in [5, 5.41) is 38.0. The van der Waals surface area contributed by atoms with Crippen LogP contribution < -0.4 is 53.0 Å². The number of anilines is 1. The number of aromatic nitrogens is 4. The Morgan fingerprint density at radius 2 is 1.58 bits per heavy atom. The summed E-state index contributed by atoms with van der Waals surface area (Å²) in [5.41, 5.74) is 13.0. The van der Waals surface area contributed by atoms with E-state index in [4.69, 9.17) is 25.7 Å². The number of carbonyl (C=O) groups excluding carboxylic acids is 6. The van der Waals surface area contributed by atoms with Crippen LogP contribution in [0.2, 0.25) is 0 Å². The van der Waals surface area contributed by atoms with Crippen LogP contribution in [0.15, 0.2) is 72.2 Å². The third kappa shape index (κ3) is 16.2. The normalized spacial score (nSPS) is 17.4. The fourth-order valence-electron chi connectivity index (χ4n) is 7.63. The fourth-order valence-corrected chi connectivity index (χ4v) is 7.63. The van der Waals surface area contributed by atoms with E-state index in [1.807, 2.05) is 6.07 Å². The molecule has 0 radical (unpaired) electrons. The number of fused-ring (bicyclic) bond motifs is 1. The van der Waals surface area contributed by atoms with Crippen molar-refractivity contribution in [1.82, 2.24) is 51.4 Å². The highest BCUT2D eigenvalue weighted by atomic mass is 16.6. The minimum Gasteiger partial charge on any atom is -0.497 e. The molecule has 6 amide bonds. The van der Waals surface area contributed by atoms with E-state index >= 15 is 0 Å². The Morgan fingerprint density at radius 1 is 0.859 bits per heavy atom. The molecule has 25 nitrogen and oxygen atoms in total. The molecule has 2 aromatic carbocycles. The van der Waals surface area contributed by atoms with Crippen molar-refractivity contribution < 1.29 is 53.2 Å². The van der Waals surface area contributed by atoms with E-state index < -0.39 is 85.5 Å². The predicted molar refractivity (Wildman–Crippen MR) is 258 cm³/mol. The zero-order valence-corrected chi connectivity index (χ0v) is 40.1. The molecule has 1 saturated heterocycles. The number of guanidine groups is 1. The van der Waals surface area contributed by atoms with Gasteiger partial charge < -0.3 is 72.7 Å². The summed E-state index contributed by atoms with van der Waals surface area (Å²) in [6.07, 6.45) is -0.748. The van der Waals surface area contributed by atoms with Crippen LogP contribution in [0.1, 0.15) is 56.4 Å². The van der Waals surface area contributed by atoms with Gasteiger partial charge in [0.15, 0.2) is 29.2 Å². The van der Waals surface area contributed by atoms with Crippen molar-refractivity contribution in [2.45, 2.75) is 94.7 Å². The highest BCUT2D eigenvalue weighted by molar-refractivity contribution is 5.94. The van der Waals surface area contributed by atoms with Crippen LogP contribution in [-0.4, -0.2) is 155 Å². The number of hydrogen-bond donors (Lipinski definition) is 10. The highest BCUT2D eigenvalue weighted by Gasteiger charge is 2.46. The maximum Gasteiger partial charge on any atom is 0.408 e. The first-order valence-electron chi connectivity index (χ1n) is 22.9. The molecule has 0 bridgehead atoms. The van der Waals surface area contributed by atoms with E-state index in [1.165, 1.54) is 31.3 Å². The highest BCUT2D eigenvalue weighted by Crippen LogP contribution is 2.33. The van der Waals surface area contributed by atoms with Gasteiger partial charge in [-0.25, -0.2) is 19.7 Å². The molecule has 0 aliphatic carbocycles. The maximum atomic E-state index is 14.4.